The average Bonchev–Trinajstić information content (AvgIpc) is 2.59. The van der Waals surface area contributed by atoms with E-state index in [4.69, 9.17) is 5.21 Å². The van der Waals surface area contributed by atoms with Crippen LogP contribution in [0.1, 0.15) is 21.5 Å². The Kier molecular flexibility index (Phi) is 5.45. The summed E-state index contributed by atoms with van der Waals surface area (Å²) in [6.45, 7) is -0.121. The second-order valence-electron chi connectivity index (χ2n) is 4.98. The van der Waals surface area contributed by atoms with Gasteiger partial charge in [0, 0.05) is 12.1 Å². The van der Waals surface area contributed by atoms with E-state index in [0.29, 0.717) is 17.7 Å². The third-order valence-electron chi connectivity index (χ3n) is 3.28. The Morgan fingerprint density at radius 2 is 1.56 bits per heavy atom. The molecule has 25 heavy (non-hydrogen) atoms. The number of hydroxylamine groups is 1. The Hall–Kier alpha value is -2.43. The van der Waals surface area contributed by atoms with Gasteiger partial charge in [0.05, 0.1) is 10.5 Å². The largest absolute Gasteiger partial charge is 0.416 e. The summed E-state index contributed by atoms with van der Waals surface area (Å²) < 4.78 is 63.9. The molecule has 0 aliphatic heterocycles. The summed E-state index contributed by atoms with van der Waals surface area (Å²) in [7, 11) is -3.99. The van der Waals surface area contributed by atoms with Crippen molar-refractivity contribution in [1.29, 1.82) is 0 Å². The quantitative estimate of drug-likeness (QED) is 0.553. The molecule has 3 N–H and O–H groups in total. The van der Waals surface area contributed by atoms with Gasteiger partial charge < -0.3 is 0 Å². The van der Waals surface area contributed by atoms with E-state index in [9.17, 15) is 26.4 Å². The van der Waals surface area contributed by atoms with Gasteiger partial charge in [0.15, 0.2) is 0 Å². The summed E-state index contributed by atoms with van der Waals surface area (Å²) in [4.78, 5) is 10.9. The van der Waals surface area contributed by atoms with Gasteiger partial charge in [-0.05, 0) is 42.0 Å². The van der Waals surface area contributed by atoms with Gasteiger partial charge in [-0.2, -0.15) is 13.2 Å². The summed E-state index contributed by atoms with van der Waals surface area (Å²) in [5.41, 5.74) is 1.22. The normalized spacial score (nSPS) is 12.0. The highest BCUT2D eigenvalue weighted by Crippen LogP contribution is 2.29. The molecule has 0 aliphatic carbocycles. The lowest BCUT2D eigenvalue weighted by atomic mass is 10.1. The molecule has 2 rings (SSSR count). The molecule has 2 aromatic rings. The van der Waals surface area contributed by atoms with Crippen LogP contribution < -0.4 is 10.2 Å². The van der Waals surface area contributed by atoms with Crippen LogP contribution in [0.15, 0.2) is 53.4 Å². The van der Waals surface area contributed by atoms with Gasteiger partial charge in [-0.15, -0.1) is 0 Å². The van der Waals surface area contributed by atoms with E-state index in [2.05, 4.69) is 4.72 Å². The number of carbonyl (C=O) groups is 1. The summed E-state index contributed by atoms with van der Waals surface area (Å²) in [6.07, 6.45) is -4.54. The minimum absolute atomic E-state index is 0.121. The fraction of sp³-hybridized carbons (Fsp3) is 0.133. The molecule has 134 valence electrons. The van der Waals surface area contributed by atoms with E-state index in [1.54, 1.807) is 0 Å². The van der Waals surface area contributed by atoms with Gasteiger partial charge in [-0.25, -0.2) is 18.6 Å². The maximum absolute atomic E-state index is 12.5. The Balaban J connectivity index is 2.07. The van der Waals surface area contributed by atoms with Crippen LogP contribution in [0.3, 0.4) is 0 Å². The minimum atomic E-state index is -4.54. The zero-order valence-corrected chi connectivity index (χ0v) is 13.4. The van der Waals surface area contributed by atoms with Crippen molar-refractivity contribution in [2.75, 3.05) is 0 Å². The number of halogens is 3. The van der Waals surface area contributed by atoms with Crippen LogP contribution in [0.25, 0.3) is 0 Å². The highest BCUT2D eigenvalue weighted by molar-refractivity contribution is 7.89. The fourth-order valence-electron chi connectivity index (χ4n) is 1.92. The molecule has 10 heteroatoms. The summed E-state index contributed by atoms with van der Waals surface area (Å²) in [5, 5.41) is 8.50. The molecule has 1 amide bonds. The molecule has 0 atom stereocenters. The molecule has 0 unspecified atom stereocenters. The predicted molar refractivity (Wildman–Crippen MR) is 81.2 cm³/mol. The molecule has 0 aliphatic rings. The van der Waals surface area contributed by atoms with Crippen LogP contribution in [0.4, 0.5) is 13.2 Å². The topological polar surface area (TPSA) is 95.5 Å². The second-order valence-corrected chi connectivity index (χ2v) is 6.75. The lowest BCUT2D eigenvalue weighted by molar-refractivity contribution is -0.137. The number of sulfonamides is 1. The number of rotatable bonds is 5. The smallest absolute Gasteiger partial charge is 0.288 e. The van der Waals surface area contributed by atoms with E-state index in [0.717, 1.165) is 12.1 Å². The first-order valence-corrected chi connectivity index (χ1v) is 8.32. The van der Waals surface area contributed by atoms with Crippen LogP contribution in [0.5, 0.6) is 0 Å². The molecule has 0 aromatic heterocycles. The molecule has 0 bridgehead atoms. The molecule has 0 fully saturated rings. The number of hydrogen-bond donors (Lipinski definition) is 3. The third kappa shape index (κ3) is 4.78. The highest BCUT2D eigenvalue weighted by atomic mass is 32.2. The Bertz CT molecular complexity index is 848. The summed E-state index contributed by atoms with van der Waals surface area (Å²) >= 11 is 0. The standard InChI is InChI=1S/C15H13F3N2O4S/c16-15(17,18)12-5-7-13(8-6-12)25(23,24)19-9-10-1-3-11(4-2-10)14(21)20-22/h1-8,19,22H,9H2,(H,20,21). The summed E-state index contributed by atoms with van der Waals surface area (Å²) in [5.74, 6) is -0.711. The number of carbonyl (C=O) groups excluding carboxylic acids is 1. The van der Waals surface area contributed by atoms with Crippen molar-refractivity contribution >= 4 is 15.9 Å². The van der Waals surface area contributed by atoms with E-state index in [-0.39, 0.29) is 17.0 Å². The van der Waals surface area contributed by atoms with Gasteiger partial charge in [0.25, 0.3) is 5.91 Å². The van der Waals surface area contributed by atoms with Crippen molar-refractivity contribution in [3.63, 3.8) is 0 Å². The van der Waals surface area contributed by atoms with Gasteiger partial charge in [0.1, 0.15) is 0 Å². The van der Waals surface area contributed by atoms with E-state index in [1.165, 1.54) is 29.7 Å². The Morgan fingerprint density at radius 1 is 1.00 bits per heavy atom. The highest BCUT2D eigenvalue weighted by Gasteiger charge is 2.30. The summed E-state index contributed by atoms with van der Waals surface area (Å²) in [6, 6.07) is 8.84. The molecule has 2 aromatic carbocycles. The van der Waals surface area contributed by atoms with Crippen LogP contribution in [-0.4, -0.2) is 19.5 Å². The molecule has 0 saturated heterocycles. The van der Waals surface area contributed by atoms with Gasteiger partial charge in [0.2, 0.25) is 10.0 Å². The second kappa shape index (κ2) is 7.21. The van der Waals surface area contributed by atoms with Crippen molar-refractivity contribution in [3.05, 3.63) is 65.2 Å². The number of alkyl halides is 3. The minimum Gasteiger partial charge on any atom is -0.288 e. The molecule has 0 spiro atoms. The van der Waals surface area contributed by atoms with Crippen molar-refractivity contribution in [1.82, 2.24) is 10.2 Å². The zero-order valence-electron chi connectivity index (χ0n) is 12.5. The Morgan fingerprint density at radius 3 is 2.04 bits per heavy atom. The van der Waals surface area contributed by atoms with Crippen molar-refractivity contribution in [2.45, 2.75) is 17.6 Å². The van der Waals surface area contributed by atoms with Crippen LogP contribution in [0, 0.1) is 0 Å². The first-order valence-electron chi connectivity index (χ1n) is 6.84. The van der Waals surface area contributed by atoms with Crippen molar-refractivity contribution in [3.8, 4) is 0 Å². The Labute approximate surface area is 141 Å². The number of benzene rings is 2. The monoisotopic (exact) mass is 374 g/mol. The molecular formula is C15H13F3N2O4S. The van der Waals surface area contributed by atoms with E-state index in [1.807, 2.05) is 0 Å². The average molecular weight is 374 g/mol. The number of amides is 1. The van der Waals surface area contributed by atoms with Gasteiger partial charge in [-0.1, -0.05) is 12.1 Å². The first kappa shape index (κ1) is 18.9. The maximum atomic E-state index is 12.5. The number of hydrogen-bond acceptors (Lipinski definition) is 4. The van der Waals surface area contributed by atoms with Crippen LogP contribution >= 0.6 is 0 Å². The maximum Gasteiger partial charge on any atom is 0.416 e. The van der Waals surface area contributed by atoms with E-state index >= 15 is 0 Å². The van der Waals surface area contributed by atoms with Gasteiger partial charge in [-0.3, -0.25) is 10.0 Å². The predicted octanol–water partition coefficient (Wildman–Crippen LogP) is 2.30. The molecule has 0 heterocycles. The van der Waals surface area contributed by atoms with Crippen molar-refractivity contribution < 1.29 is 31.6 Å². The van der Waals surface area contributed by atoms with E-state index < -0.39 is 27.7 Å². The zero-order chi connectivity index (χ0) is 18.7. The molecule has 0 saturated carbocycles. The molecule has 6 nitrogen and oxygen atoms in total. The third-order valence-corrected chi connectivity index (χ3v) is 4.69. The van der Waals surface area contributed by atoms with Crippen LogP contribution in [0.2, 0.25) is 0 Å². The number of nitrogens with one attached hydrogen (secondary N) is 2. The van der Waals surface area contributed by atoms with Gasteiger partial charge >= 0.3 is 6.18 Å². The lowest BCUT2D eigenvalue weighted by Crippen LogP contribution is -2.23. The van der Waals surface area contributed by atoms with Crippen LogP contribution in [-0.2, 0) is 22.7 Å². The molecule has 0 radical (unpaired) electrons. The fourth-order valence-corrected chi connectivity index (χ4v) is 2.94. The SMILES string of the molecule is O=C(NO)c1ccc(CNS(=O)(=O)c2ccc(C(F)(F)F)cc2)cc1. The van der Waals surface area contributed by atoms with Crippen molar-refractivity contribution in [2.24, 2.45) is 0 Å². The lowest BCUT2D eigenvalue weighted by Gasteiger charge is -2.10. The molecular weight excluding hydrogens is 361 g/mol. The first-order chi connectivity index (χ1) is 11.6.